The lowest BCUT2D eigenvalue weighted by molar-refractivity contribution is 0.117. The first-order valence-electron chi connectivity index (χ1n) is 10.5. The molecule has 4 aromatic rings. The minimum Gasteiger partial charge on any atom is -0.357 e. The summed E-state index contributed by atoms with van der Waals surface area (Å²) in [5.74, 6) is 1.27. The van der Waals surface area contributed by atoms with E-state index in [0.717, 1.165) is 13.0 Å². The van der Waals surface area contributed by atoms with Gasteiger partial charge in [-0.15, -0.1) is 0 Å². The van der Waals surface area contributed by atoms with Gasteiger partial charge in [0.1, 0.15) is 5.82 Å². The molecule has 0 saturated carbocycles. The van der Waals surface area contributed by atoms with E-state index in [1.54, 1.807) is 12.1 Å². The van der Waals surface area contributed by atoms with E-state index in [9.17, 15) is 4.39 Å². The van der Waals surface area contributed by atoms with Crippen LogP contribution in [0.5, 0.6) is 0 Å². The Morgan fingerprint density at radius 1 is 1.17 bits per heavy atom. The zero-order valence-electron chi connectivity index (χ0n) is 17.2. The molecule has 30 heavy (non-hydrogen) atoms. The number of aromatic amines is 1. The van der Waals surface area contributed by atoms with Crippen LogP contribution in [0.3, 0.4) is 0 Å². The number of fused-ring (bicyclic) bond motifs is 3. The largest absolute Gasteiger partial charge is 0.357 e. The highest BCUT2D eigenvalue weighted by Crippen LogP contribution is 2.38. The summed E-state index contributed by atoms with van der Waals surface area (Å²) in [4.78, 5) is 10.6. The van der Waals surface area contributed by atoms with E-state index in [1.165, 1.54) is 28.2 Å². The van der Waals surface area contributed by atoms with Crippen LogP contribution >= 0.6 is 0 Å². The zero-order valence-corrected chi connectivity index (χ0v) is 17.2. The van der Waals surface area contributed by atoms with Gasteiger partial charge in [0.05, 0.1) is 12.6 Å². The lowest BCUT2D eigenvalue weighted by Gasteiger charge is -2.37. The van der Waals surface area contributed by atoms with Crippen molar-refractivity contribution in [2.45, 2.75) is 39.3 Å². The summed E-state index contributed by atoms with van der Waals surface area (Å²) in [7, 11) is 0. The monoisotopic (exact) mass is 404 g/mol. The second-order valence-electron chi connectivity index (χ2n) is 8.34. The molecule has 1 aliphatic rings. The first kappa shape index (κ1) is 19.0. The van der Waals surface area contributed by atoms with Gasteiger partial charge in [0.25, 0.3) is 0 Å². The molecule has 2 aromatic carbocycles. The highest BCUT2D eigenvalue weighted by molar-refractivity contribution is 5.85. The molecule has 0 radical (unpaired) electrons. The Hall–Kier alpha value is -2.99. The van der Waals surface area contributed by atoms with Gasteiger partial charge in [0.15, 0.2) is 5.82 Å². The topological polar surface area (TPSA) is 58.0 Å². The van der Waals surface area contributed by atoms with Gasteiger partial charge in [0.2, 0.25) is 5.89 Å². The molecule has 1 aliphatic heterocycles. The number of para-hydroxylation sites is 1. The molecule has 1 atom stereocenters. The number of aromatic nitrogens is 3. The van der Waals surface area contributed by atoms with E-state index in [1.807, 2.05) is 6.07 Å². The van der Waals surface area contributed by atoms with Crippen molar-refractivity contribution in [3.63, 3.8) is 0 Å². The Labute approximate surface area is 174 Å². The quantitative estimate of drug-likeness (QED) is 0.506. The van der Waals surface area contributed by atoms with Gasteiger partial charge in [-0.1, -0.05) is 55.4 Å². The molecule has 3 heterocycles. The number of nitrogens with zero attached hydrogens (tertiary/aromatic N) is 3. The van der Waals surface area contributed by atoms with Gasteiger partial charge < -0.3 is 9.51 Å². The summed E-state index contributed by atoms with van der Waals surface area (Å²) in [6, 6.07) is 15.5. The first-order chi connectivity index (χ1) is 14.6. The van der Waals surface area contributed by atoms with Gasteiger partial charge in [0, 0.05) is 29.6 Å². The lowest BCUT2D eigenvalue weighted by Crippen LogP contribution is -2.37. The fourth-order valence-electron chi connectivity index (χ4n) is 4.66. The number of hydrogen-bond acceptors (Lipinski definition) is 4. The van der Waals surface area contributed by atoms with Crippen molar-refractivity contribution in [2.24, 2.45) is 5.92 Å². The predicted molar refractivity (Wildman–Crippen MR) is 113 cm³/mol. The summed E-state index contributed by atoms with van der Waals surface area (Å²) in [5.41, 5.74) is 4.49. The van der Waals surface area contributed by atoms with Crippen LogP contribution in [0.15, 0.2) is 53.1 Å². The molecule has 2 aromatic heterocycles. The van der Waals surface area contributed by atoms with Crippen molar-refractivity contribution in [3.05, 3.63) is 82.9 Å². The van der Waals surface area contributed by atoms with Gasteiger partial charge in [-0.25, -0.2) is 4.39 Å². The molecule has 5 rings (SSSR count). The van der Waals surface area contributed by atoms with Gasteiger partial charge in [-0.05, 0) is 35.6 Å². The Balaban J connectivity index is 1.38. The minimum absolute atomic E-state index is 0.244. The lowest BCUT2D eigenvalue weighted by atomic mass is 9.90. The third-order valence-electron chi connectivity index (χ3n) is 5.97. The molecule has 0 amide bonds. The summed E-state index contributed by atoms with van der Waals surface area (Å²) in [6.07, 6.45) is 1.31. The maximum Gasteiger partial charge on any atom is 0.240 e. The Kier molecular flexibility index (Phi) is 4.87. The average molecular weight is 404 g/mol. The smallest absolute Gasteiger partial charge is 0.240 e. The minimum atomic E-state index is -0.244. The highest BCUT2D eigenvalue weighted by Gasteiger charge is 2.33. The molecule has 0 saturated heterocycles. The normalized spacial score (nSPS) is 17.0. The first-order valence-corrected chi connectivity index (χ1v) is 10.5. The summed E-state index contributed by atoms with van der Waals surface area (Å²) in [6.45, 7) is 6.01. The zero-order chi connectivity index (χ0) is 20.7. The molecule has 0 fully saturated rings. The van der Waals surface area contributed by atoms with Crippen LogP contribution in [0, 0.1) is 11.7 Å². The molecule has 0 spiro atoms. The third-order valence-corrected chi connectivity index (χ3v) is 5.97. The van der Waals surface area contributed by atoms with Crippen molar-refractivity contribution in [2.75, 3.05) is 6.54 Å². The van der Waals surface area contributed by atoms with Crippen LogP contribution in [0.4, 0.5) is 4.39 Å². The van der Waals surface area contributed by atoms with Gasteiger partial charge in [-0.3, -0.25) is 4.90 Å². The predicted octanol–water partition coefficient (Wildman–Crippen LogP) is 5.04. The number of hydrogen-bond donors (Lipinski definition) is 1. The number of halogens is 1. The fraction of sp³-hybridized carbons (Fsp3) is 0.333. The molecule has 1 N–H and O–H groups in total. The van der Waals surface area contributed by atoms with Crippen LogP contribution < -0.4 is 0 Å². The summed E-state index contributed by atoms with van der Waals surface area (Å²) in [5, 5.41) is 5.40. The van der Waals surface area contributed by atoms with Crippen LogP contribution in [0.1, 0.15) is 48.4 Å². The van der Waals surface area contributed by atoms with Crippen molar-refractivity contribution < 1.29 is 8.91 Å². The van der Waals surface area contributed by atoms with Gasteiger partial charge >= 0.3 is 0 Å². The molecule has 1 unspecified atom stereocenters. The SMILES string of the molecule is CC(C)C1c2[nH]c3ccccc3c2CCN1Cc1nc(Cc2ccccc2F)no1. The maximum atomic E-state index is 13.9. The highest BCUT2D eigenvalue weighted by atomic mass is 19.1. The van der Waals surface area contributed by atoms with E-state index in [4.69, 9.17) is 4.52 Å². The Bertz CT molecular complexity index is 1180. The maximum absolute atomic E-state index is 13.9. The molecular formula is C24H25FN4O. The van der Waals surface area contributed by atoms with Crippen LogP contribution in [-0.2, 0) is 19.4 Å². The second kappa shape index (κ2) is 7.69. The molecular weight excluding hydrogens is 379 g/mol. The van der Waals surface area contributed by atoms with Crippen molar-refractivity contribution >= 4 is 10.9 Å². The molecule has 0 bridgehead atoms. The number of nitrogens with one attached hydrogen (secondary N) is 1. The van der Waals surface area contributed by atoms with Crippen LogP contribution in [0.2, 0.25) is 0 Å². The second-order valence-corrected chi connectivity index (χ2v) is 8.34. The van der Waals surface area contributed by atoms with Crippen molar-refractivity contribution in [1.29, 1.82) is 0 Å². The van der Waals surface area contributed by atoms with Crippen LogP contribution in [-0.4, -0.2) is 26.6 Å². The number of H-pyrrole nitrogens is 1. The Morgan fingerprint density at radius 3 is 2.80 bits per heavy atom. The van der Waals surface area contributed by atoms with Crippen molar-refractivity contribution in [3.8, 4) is 0 Å². The van der Waals surface area contributed by atoms with E-state index in [0.29, 0.717) is 36.2 Å². The molecule has 5 nitrogen and oxygen atoms in total. The number of benzene rings is 2. The average Bonchev–Trinajstić information content (AvgIpc) is 3.33. The van der Waals surface area contributed by atoms with Crippen molar-refractivity contribution in [1.82, 2.24) is 20.0 Å². The van der Waals surface area contributed by atoms with Gasteiger partial charge in [-0.2, -0.15) is 4.98 Å². The van der Waals surface area contributed by atoms with E-state index < -0.39 is 0 Å². The standard InChI is InChI=1S/C24H25FN4O/c1-15(2)24-23-18(17-8-4-6-10-20(17)26-23)11-12-29(24)14-22-27-21(28-30-22)13-16-7-3-5-9-19(16)25/h3-10,15,24,26H,11-14H2,1-2H3. The third kappa shape index (κ3) is 3.41. The summed E-state index contributed by atoms with van der Waals surface area (Å²) >= 11 is 0. The van der Waals surface area contributed by atoms with E-state index in [-0.39, 0.29) is 11.9 Å². The van der Waals surface area contributed by atoms with E-state index >= 15 is 0 Å². The van der Waals surface area contributed by atoms with Crippen LogP contribution in [0.25, 0.3) is 10.9 Å². The molecule has 0 aliphatic carbocycles. The summed E-state index contributed by atoms with van der Waals surface area (Å²) < 4.78 is 19.4. The molecule has 6 heteroatoms. The van der Waals surface area contributed by atoms with E-state index in [2.05, 4.69) is 58.1 Å². The number of rotatable bonds is 5. The molecule has 154 valence electrons. The fourth-order valence-corrected chi connectivity index (χ4v) is 4.66. The Morgan fingerprint density at radius 2 is 1.97 bits per heavy atom.